The highest BCUT2D eigenvalue weighted by molar-refractivity contribution is 5.85. The summed E-state index contributed by atoms with van der Waals surface area (Å²) in [6.45, 7) is 0. The number of carbonyl (C=O) groups excluding carboxylic acids is 1. The standard InChI is InChI=1S/C12H16N2O2/c1-16-12-11(13-7-8-14-12)9-5-3-2-4-6-10(9)15/h7-9H,2-6H2,1H3. The molecule has 0 bridgehead atoms. The van der Waals surface area contributed by atoms with Gasteiger partial charge in [-0.2, -0.15) is 0 Å². The lowest BCUT2D eigenvalue weighted by atomic mass is 9.95. The SMILES string of the molecule is COc1nccnc1C1CCCCCC1=O. The Kier molecular flexibility index (Phi) is 3.49. The van der Waals surface area contributed by atoms with E-state index in [1.54, 1.807) is 19.5 Å². The first-order chi connectivity index (χ1) is 7.83. The molecule has 2 rings (SSSR count). The van der Waals surface area contributed by atoms with E-state index in [9.17, 15) is 4.79 Å². The van der Waals surface area contributed by atoms with Gasteiger partial charge >= 0.3 is 0 Å². The minimum atomic E-state index is -0.119. The maximum atomic E-state index is 12.0. The molecule has 0 spiro atoms. The van der Waals surface area contributed by atoms with Crippen molar-refractivity contribution in [3.8, 4) is 5.88 Å². The van der Waals surface area contributed by atoms with Gasteiger partial charge in [-0.1, -0.05) is 12.8 Å². The summed E-state index contributed by atoms with van der Waals surface area (Å²) in [4.78, 5) is 20.3. The number of hydrogen-bond acceptors (Lipinski definition) is 4. The summed E-state index contributed by atoms with van der Waals surface area (Å²) in [6.07, 6.45) is 7.94. The number of ketones is 1. The lowest BCUT2D eigenvalue weighted by Gasteiger charge is -2.14. The molecule has 0 saturated heterocycles. The number of ether oxygens (including phenoxy) is 1. The topological polar surface area (TPSA) is 52.1 Å². The first-order valence-electron chi connectivity index (χ1n) is 5.70. The molecule has 16 heavy (non-hydrogen) atoms. The smallest absolute Gasteiger partial charge is 0.236 e. The molecule has 0 radical (unpaired) electrons. The van der Waals surface area contributed by atoms with E-state index in [2.05, 4.69) is 9.97 Å². The lowest BCUT2D eigenvalue weighted by Crippen LogP contribution is -2.13. The summed E-state index contributed by atoms with van der Waals surface area (Å²) in [5, 5.41) is 0. The molecule has 1 unspecified atom stereocenters. The maximum Gasteiger partial charge on any atom is 0.236 e. The van der Waals surface area contributed by atoms with Crippen molar-refractivity contribution in [1.82, 2.24) is 9.97 Å². The second-order valence-electron chi connectivity index (χ2n) is 4.07. The second-order valence-corrected chi connectivity index (χ2v) is 4.07. The molecule has 0 amide bonds. The van der Waals surface area contributed by atoms with Crippen LogP contribution in [0.1, 0.15) is 43.7 Å². The van der Waals surface area contributed by atoms with Crippen LogP contribution in [0.2, 0.25) is 0 Å². The van der Waals surface area contributed by atoms with Crippen LogP contribution in [-0.2, 0) is 4.79 Å². The molecule has 1 fully saturated rings. The molecule has 4 heteroatoms. The van der Waals surface area contributed by atoms with Gasteiger partial charge in [-0.05, 0) is 12.8 Å². The monoisotopic (exact) mass is 220 g/mol. The van der Waals surface area contributed by atoms with Crippen molar-refractivity contribution in [3.63, 3.8) is 0 Å². The second kappa shape index (κ2) is 5.05. The summed E-state index contributed by atoms with van der Waals surface area (Å²) in [6, 6.07) is 0. The normalized spacial score (nSPS) is 21.6. The quantitative estimate of drug-likeness (QED) is 0.716. The van der Waals surface area contributed by atoms with Crippen molar-refractivity contribution in [2.75, 3.05) is 7.11 Å². The van der Waals surface area contributed by atoms with Gasteiger partial charge in [0.25, 0.3) is 0 Å². The highest BCUT2D eigenvalue weighted by Gasteiger charge is 2.26. The molecule has 86 valence electrons. The highest BCUT2D eigenvalue weighted by Crippen LogP contribution is 2.31. The van der Waals surface area contributed by atoms with Crippen LogP contribution < -0.4 is 4.74 Å². The molecule has 1 aliphatic rings. The maximum absolute atomic E-state index is 12.0. The van der Waals surface area contributed by atoms with Crippen molar-refractivity contribution in [3.05, 3.63) is 18.1 Å². The fourth-order valence-corrected chi connectivity index (χ4v) is 2.18. The number of hydrogen-bond donors (Lipinski definition) is 0. The van der Waals surface area contributed by atoms with Gasteiger partial charge in [0.05, 0.1) is 13.0 Å². The summed E-state index contributed by atoms with van der Waals surface area (Å²) in [7, 11) is 1.56. The molecule has 1 heterocycles. The average Bonchev–Trinajstić information content (AvgIpc) is 2.54. The third kappa shape index (κ3) is 2.21. The minimum Gasteiger partial charge on any atom is -0.480 e. The Balaban J connectivity index is 2.30. The molecule has 1 aromatic rings. The van der Waals surface area contributed by atoms with Gasteiger partial charge in [-0.3, -0.25) is 9.78 Å². The van der Waals surface area contributed by atoms with Crippen molar-refractivity contribution in [1.29, 1.82) is 0 Å². The van der Waals surface area contributed by atoms with Crippen LogP contribution in [0.4, 0.5) is 0 Å². The third-order valence-corrected chi connectivity index (χ3v) is 3.02. The summed E-state index contributed by atoms with van der Waals surface area (Å²) >= 11 is 0. The first-order valence-corrected chi connectivity index (χ1v) is 5.70. The van der Waals surface area contributed by atoms with E-state index in [-0.39, 0.29) is 11.7 Å². The number of aromatic nitrogens is 2. The van der Waals surface area contributed by atoms with Crippen molar-refractivity contribution in [2.45, 2.75) is 38.0 Å². The van der Waals surface area contributed by atoms with E-state index in [0.717, 1.165) is 25.7 Å². The van der Waals surface area contributed by atoms with E-state index >= 15 is 0 Å². The molecule has 0 N–H and O–H groups in total. The zero-order chi connectivity index (χ0) is 11.4. The molecule has 0 aromatic carbocycles. The van der Waals surface area contributed by atoms with Gasteiger partial charge in [0.15, 0.2) is 0 Å². The Morgan fingerprint density at radius 1 is 1.25 bits per heavy atom. The first kappa shape index (κ1) is 11.0. The van der Waals surface area contributed by atoms with Crippen molar-refractivity contribution < 1.29 is 9.53 Å². The predicted molar refractivity (Wildman–Crippen MR) is 59.4 cm³/mol. The Morgan fingerprint density at radius 3 is 2.88 bits per heavy atom. The number of Topliss-reactive ketones (excluding diaryl/α,β-unsaturated/α-hetero) is 1. The number of nitrogens with zero attached hydrogens (tertiary/aromatic N) is 2. The Hall–Kier alpha value is -1.45. The summed E-state index contributed by atoms with van der Waals surface area (Å²) in [5.41, 5.74) is 0.705. The Bertz CT molecular complexity index is 379. The summed E-state index contributed by atoms with van der Waals surface area (Å²) in [5.74, 6) is 0.644. The predicted octanol–water partition coefficient (Wildman–Crippen LogP) is 2.10. The van der Waals surface area contributed by atoms with E-state index in [1.807, 2.05) is 0 Å². The van der Waals surface area contributed by atoms with Crippen LogP contribution in [0.5, 0.6) is 5.88 Å². The van der Waals surface area contributed by atoms with Gasteiger partial charge in [0, 0.05) is 18.8 Å². The number of rotatable bonds is 2. The van der Waals surface area contributed by atoms with Crippen LogP contribution in [0.25, 0.3) is 0 Å². The fourth-order valence-electron chi connectivity index (χ4n) is 2.18. The van der Waals surface area contributed by atoms with Gasteiger partial charge in [-0.25, -0.2) is 4.98 Å². The molecule has 1 aromatic heterocycles. The van der Waals surface area contributed by atoms with Gasteiger partial charge in [-0.15, -0.1) is 0 Å². The molecule has 1 saturated carbocycles. The fraction of sp³-hybridized carbons (Fsp3) is 0.583. The Labute approximate surface area is 95.1 Å². The molecule has 0 aliphatic heterocycles. The average molecular weight is 220 g/mol. The van der Waals surface area contributed by atoms with Crippen molar-refractivity contribution >= 4 is 5.78 Å². The molecular weight excluding hydrogens is 204 g/mol. The highest BCUT2D eigenvalue weighted by atomic mass is 16.5. The van der Waals surface area contributed by atoms with Gasteiger partial charge in [0.1, 0.15) is 11.5 Å². The molecule has 1 aliphatic carbocycles. The van der Waals surface area contributed by atoms with Crippen LogP contribution >= 0.6 is 0 Å². The van der Waals surface area contributed by atoms with Crippen LogP contribution in [0.3, 0.4) is 0 Å². The zero-order valence-corrected chi connectivity index (χ0v) is 9.48. The minimum absolute atomic E-state index is 0.119. The molecule has 1 atom stereocenters. The van der Waals surface area contributed by atoms with E-state index < -0.39 is 0 Å². The van der Waals surface area contributed by atoms with E-state index in [4.69, 9.17) is 4.74 Å². The Morgan fingerprint density at radius 2 is 2.06 bits per heavy atom. The zero-order valence-electron chi connectivity index (χ0n) is 9.48. The van der Waals surface area contributed by atoms with Crippen LogP contribution in [0, 0.1) is 0 Å². The largest absolute Gasteiger partial charge is 0.480 e. The molecular formula is C12H16N2O2. The van der Waals surface area contributed by atoms with E-state index in [0.29, 0.717) is 18.0 Å². The van der Waals surface area contributed by atoms with Crippen molar-refractivity contribution in [2.24, 2.45) is 0 Å². The van der Waals surface area contributed by atoms with Gasteiger partial charge in [0.2, 0.25) is 5.88 Å². The molecule has 4 nitrogen and oxygen atoms in total. The van der Waals surface area contributed by atoms with Crippen LogP contribution in [-0.4, -0.2) is 22.9 Å². The van der Waals surface area contributed by atoms with E-state index in [1.165, 1.54) is 0 Å². The van der Waals surface area contributed by atoms with Gasteiger partial charge < -0.3 is 4.74 Å². The number of carbonyl (C=O) groups is 1. The van der Waals surface area contributed by atoms with Crippen LogP contribution in [0.15, 0.2) is 12.4 Å². The number of methoxy groups -OCH3 is 1. The lowest BCUT2D eigenvalue weighted by molar-refractivity contribution is -0.120. The summed E-state index contributed by atoms with van der Waals surface area (Å²) < 4.78 is 5.16. The third-order valence-electron chi connectivity index (χ3n) is 3.02.